The minimum Gasteiger partial charge on any atom is -0.396 e. The minimum atomic E-state index is -3.40. The first-order chi connectivity index (χ1) is 8.16. The highest BCUT2D eigenvalue weighted by Crippen LogP contribution is 2.26. The molecule has 0 radical (unpaired) electrons. The summed E-state index contributed by atoms with van der Waals surface area (Å²) in [6.07, 6.45) is 6.39. The Bertz CT molecular complexity index is 439. The lowest BCUT2D eigenvalue weighted by Gasteiger charge is -2.34. The molecule has 0 saturated carbocycles. The van der Waals surface area contributed by atoms with Crippen LogP contribution >= 0.6 is 0 Å². The monoisotopic (exact) mass is 258 g/mol. The van der Waals surface area contributed by atoms with Crippen molar-refractivity contribution in [3.8, 4) is 0 Å². The fourth-order valence-corrected chi connectivity index (χ4v) is 4.03. The lowest BCUT2D eigenvalue weighted by atomic mass is 10.0. The Morgan fingerprint density at radius 2 is 2.29 bits per heavy atom. The van der Waals surface area contributed by atoms with Crippen LogP contribution in [0.1, 0.15) is 25.7 Å². The summed E-state index contributed by atoms with van der Waals surface area (Å²) in [6, 6.07) is 1.51. The third-order valence-electron chi connectivity index (χ3n) is 3.21. The fraction of sp³-hybridized carbons (Fsp3) is 0.636. The molecule has 17 heavy (non-hydrogen) atoms. The van der Waals surface area contributed by atoms with Gasteiger partial charge in [0, 0.05) is 31.6 Å². The second-order valence-corrected chi connectivity index (χ2v) is 6.21. The molecule has 0 aromatic carbocycles. The molecule has 2 heterocycles. The molecule has 0 aliphatic carbocycles. The van der Waals surface area contributed by atoms with E-state index < -0.39 is 10.0 Å². The van der Waals surface area contributed by atoms with Crippen LogP contribution in [-0.4, -0.2) is 42.0 Å². The highest BCUT2D eigenvalue weighted by Gasteiger charge is 2.33. The largest absolute Gasteiger partial charge is 0.396 e. The van der Waals surface area contributed by atoms with E-state index in [4.69, 9.17) is 5.11 Å². The Morgan fingerprint density at radius 3 is 2.94 bits per heavy atom. The molecule has 1 fully saturated rings. The highest BCUT2D eigenvalue weighted by atomic mass is 32.2. The van der Waals surface area contributed by atoms with Gasteiger partial charge in [-0.1, -0.05) is 6.42 Å². The first-order valence-electron chi connectivity index (χ1n) is 5.92. The number of H-pyrrole nitrogens is 1. The summed E-state index contributed by atoms with van der Waals surface area (Å²) >= 11 is 0. The predicted octanol–water partition coefficient (Wildman–Crippen LogP) is 0.940. The third-order valence-corrected chi connectivity index (χ3v) is 5.16. The van der Waals surface area contributed by atoms with Gasteiger partial charge in [0.15, 0.2) is 0 Å². The number of hydrogen-bond donors (Lipinski definition) is 2. The Balaban J connectivity index is 2.24. The van der Waals surface area contributed by atoms with Gasteiger partial charge in [0.1, 0.15) is 0 Å². The quantitative estimate of drug-likeness (QED) is 0.844. The van der Waals surface area contributed by atoms with E-state index in [2.05, 4.69) is 4.98 Å². The summed E-state index contributed by atoms with van der Waals surface area (Å²) < 4.78 is 26.3. The summed E-state index contributed by atoms with van der Waals surface area (Å²) in [5.74, 6) is 0. The predicted molar refractivity (Wildman–Crippen MR) is 64.0 cm³/mol. The number of aromatic nitrogens is 1. The molecule has 0 bridgehead atoms. The molecule has 96 valence electrons. The van der Waals surface area contributed by atoms with Crippen LogP contribution in [0.5, 0.6) is 0 Å². The molecule has 0 amide bonds. The van der Waals surface area contributed by atoms with E-state index in [0.717, 1.165) is 19.3 Å². The standard InChI is InChI=1S/C11H18N2O3S/c14-8-5-10-3-1-2-7-13(10)17(15,16)11-4-6-12-9-11/h4,6,9-10,12,14H,1-3,5,7-8H2. The van der Waals surface area contributed by atoms with Crippen LogP contribution in [0.3, 0.4) is 0 Å². The van der Waals surface area contributed by atoms with Crippen molar-refractivity contribution >= 4 is 10.0 Å². The van der Waals surface area contributed by atoms with E-state index >= 15 is 0 Å². The van der Waals surface area contributed by atoms with E-state index in [-0.39, 0.29) is 12.6 Å². The van der Waals surface area contributed by atoms with Crippen molar-refractivity contribution in [2.75, 3.05) is 13.2 Å². The molecule has 1 aliphatic heterocycles. The Morgan fingerprint density at radius 1 is 1.47 bits per heavy atom. The topological polar surface area (TPSA) is 73.4 Å². The maximum absolute atomic E-state index is 12.4. The lowest BCUT2D eigenvalue weighted by Crippen LogP contribution is -2.43. The Kier molecular flexibility index (Phi) is 3.86. The molecule has 1 aromatic rings. The van der Waals surface area contributed by atoms with E-state index in [9.17, 15) is 8.42 Å². The highest BCUT2D eigenvalue weighted by molar-refractivity contribution is 7.89. The number of nitrogens with one attached hydrogen (secondary N) is 1. The SMILES string of the molecule is O=S(=O)(c1cc[nH]c1)N1CCCCC1CCO. The molecule has 1 saturated heterocycles. The molecule has 1 aliphatic rings. The number of aliphatic hydroxyl groups excluding tert-OH is 1. The molecule has 1 aromatic heterocycles. The average molecular weight is 258 g/mol. The number of nitrogens with zero attached hydrogens (tertiary/aromatic N) is 1. The zero-order chi connectivity index (χ0) is 12.3. The number of hydrogen-bond acceptors (Lipinski definition) is 3. The van der Waals surface area contributed by atoms with Gasteiger partial charge in [0.2, 0.25) is 10.0 Å². The summed E-state index contributed by atoms with van der Waals surface area (Å²) in [6.45, 7) is 0.585. The van der Waals surface area contributed by atoms with Crippen LogP contribution in [0.25, 0.3) is 0 Å². The van der Waals surface area contributed by atoms with Gasteiger partial charge in [-0.25, -0.2) is 8.42 Å². The maximum Gasteiger partial charge on any atom is 0.244 e. The summed E-state index contributed by atoms with van der Waals surface area (Å²) in [4.78, 5) is 3.07. The zero-order valence-electron chi connectivity index (χ0n) is 9.67. The van der Waals surface area contributed by atoms with Crippen molar-refractivity contribution < 1.29 is 13.5 Å². The minimum absolute atomic E-state index is 0.0316. The molecule has 2 rings (SSSR count). The van der Waals surface area contributed by atoms with Crippen molar-refractivity contribution in [1.82, 2.24) is 9.29 Å². The number of piperidine rings is 1. The molecule has 2 N–H and O–H groups in total. The van der Waals surface area contributed by atoms with Crippen molar-refractivity contribution in [2.24, 2.45) is 0 Å². The molecule has 5 nitrogen and oxygen atoms in total. The van der Waals surface area contributed by atoms with Gasteiger partial charge < -0.3 is 10.1 Å². The molecule has 0 spiro atoms. The number of aliphatic hydroxyl groups is 1. The van der Waals surface area contributed by atoms with Gasteiger partial charge in [-0.2, -0.15) is 4.31 Å². The van der Waals surface area contributed by atoms with Crippen LogP contribution in [-0.2, 0) is 10.0 Å². The molecule has 1 unspecified atom stereocenters. The van der Waals surface area contributed by atoms with E-state index in [1.807, 2.05) is 0 Å². The Hall–Kier alpha value is -0.850. The van der Waals surface area contributed by atoms with Crippen LogP contribution in [0, 0.1) is 0 Å². The lowest BCUT2D eigenvalue weighted by molar-refractivity contribution is 0.192. The van der Waals surface area contributed by atoms with Gasteiger partial charge in [-0.05, 0) is 25.3 Å². The van der Waals surface area contributed by atoms with Crippen molar-refractivity contribution in [2.45, 2.75) is 36.6 Å². The maximum atomic E-state index is 12.4. The molecular weight excluding hydrogens is 240 g/mol. The smallest absolute Gasteiger partial charge is 0.244 e. The molecule has 1 atom stereocenters. The van der Waals surface area contributed by atoms with Crippen LogP contribution in [0.2, 0.25) is 0 Å². The normalized spacial score (nSPS) is 22.8. The van der Waals surface area contributed by atoms with Crippen LogP contribution < -0.4 is 0 Å². The van der Waals surface area contributed by atoms with Crippen molar-refractivity contribution in [3.05, 3.63) is 18.5 Å². The summed E-state index contributed by atoms with van der Waals surface area (Å²) in [5.41, 5.74) is 0. The summed E-state index contributed by atoms with van der Waals surface area (Å²) in [7, 11) is -3.40. The average Bonchev–Trinajstić information content (AvgIpc) is 2.84. The molecule has 6 heteroatoms. The molecular formula is C11H18N2O3S. The zero-order valence-corrected chi connectivity index (χ0v) is 10.5. The van der Waals surface area contributed by atoms with E-state index in [1.54, 1.807) is 12.3 Å². The fourth-order valence-electron chi connectivity index (χ4n) is 2.33. The van der Waals surface area contributed by atoms with Crippen LogP contribution in [0.15, 0.2) is 23.4 Å². The van der Waals surface area contributed by atoms with E-state index in [1.165, 1.54) is 10.5 Å². The number of sulfonamides is 1. The summed E-state index contributed by atoms with van der Waals surface area (Å²) in [5, 5.41) is 9.00. The second-order valence-electron chi connectivity index (χ2n) is 4.32. The van der Waals surface area contributed by atoms with Crippen LogP contribution in [0.4, 0.5) is 0 Å². The van der Waals surface area contributed by atoms with Gasteiger partial charge in [0.25, 0.3) is 0 Å². The first-order valence-corrected chi connectivity index (χ1v) is 7.36. The number of rotatable bonds is 4. The van der Waals surface area contributed by atoms with Gasteiger partial charge >= 0.3 is 0 Å². The Labute approximate surface area is 102 Å². The second kappa shape index (κ2) is 5.20. The van der Waals surface area contributed by atoms with Crippen molar-refractivity contribution in [3.63, 3.8) is 0 Å². The first kappa shape index (κ1) is 12.6. The van der Waals surface area contributed by atoms with Gasteiger partial charge in [0.05, 0.1) is 4.90 Å². The van der Waals surface area contributed by atoms with Crippen molar-refractivity contribution in [1.29, 1.82) is 0 Å². The van der Waals surface area contributed by atoms with E-state index in [0.29, 0.717) is 17.9 Å². The number of aromatic amines is 1. The van der Waals surface area contributed by atoms with Gasteiger partial charge in [-0.3, -0.25) is 0 Å². The third kappa shape index (κ3) is 2.53. The van der Waals surface area contributed by atoms with Gasteiger partial charge in [-0.15, -0.1) is 0 Å².